The largest absolute Gasteiger partial charge is 0.324 e. The van der Waals surface area contributed by atoms with E-state index in [-0.39, 0.29) is 6.04 Å². The summed E-state index contributed by atoms with van der Waals surface area (Å²) in [4.78, 5) is 13.1. The molecule has 0 bridgehead atoms. The summed E-state index contributed by atoms with van der Waals surface area (Å²) in [5.41, 5.74) is 10.7. The summed E-state index contributed by atoms with van der Waals surface area (Å²) in [6.45, 7) is 0. The summed E-state index contributed by atoms with van der Waals surface area (Å²) >= 11 is 0. The van der Waals surface area contributed by atoms with Gasteiger partial charge in [-0.1, -0.05) is 18.6 Å². The van der Waals surface area contributed by atoms with Crippen molar-refractivity contribution in [3.05, 3.63) is 48.0 Å². The van der Waals surface area contributed by atoms with E-state index < -0.39 is 0 Å². The molecule has 0 saturated carbocycles. The fourth-order valence-electron chi connectivity index (χ4n) is 3.27. The Kier molecular flexibility index (Phi) is 4.15. The van der Waals surface area contributed by atoms with Crippen LogP contribution in [0.1, 0.15) is 36.4 Å². The number of nitrogens with zero attached hydrogens (tertiary/aromatic N) is 5. The van der Waals surface area contributed by atoms with E-state index >= 15 is 0 Å². The van der Waals surface area contributed by atoms with Crippen LogP contribution in [0.3, 0.4) is 0 Å². The van der Waals surface area contributed by atoms with Crippen molar-refractivity contribution in [1.82, 2.24) is 24.7 Å². The Labute approximate surface area is 146 Å². The van der Waals surface area contributed by atoms with E-state index in [1.54, 1.807) is 10.9 Å². The van der Waals surface area contributed by atoms with Gasteiger partial charge in [-0.2, -0.15) is 10.1 Å². The minimum Gasteiger partial charge on any atom is -0.324 e. The van der Waals surface area contributed by atoms with Crippen molar-refractivity contribution in [2.45, 2.75) is 31.7 Å². The molecule has 2 aromatic heterocycles. The highest BCUT2D eigenvalue weighted by molar-refractivity contribution is 5.60. The van der Waals surface area contributed by atoms with Gasteiger partial charge < -0.3 is 11.1 Å². The first kappa shape index (κ1) is 15.7. The second kappa shape index (κ2) is 6.60. The number of nitrogens with two attached hydrogens (primary N) is 1. The van der Waals surface area contributed by atoms with Gasteiger partial charge in [0.2, 0.25) is 5.95 Å². The molecule has 0 unspecified atom stereocenters. The number of rotatable bonds is 3. The lowest BCUT2D eigenvalue weighted by atomic mass is 9.97. The minimum atomic E-state index is 0.132. The summed E-state index contributed by atoms with van der Waals surface area (Å²) < 4.78 is 1.72. The number of hydrogen-bond acceptors (Lipinski definition) is 6. The van der Waals surface area contributed by atoms with Gasteiger partial charge in [-0.15, -0.1) is 0 Å². The second-order valence-corrected chi connectivity index (χ2v) is 6.43. The average molecular weight is 335 g/mol. The van der Waals surface area contributed by atoms with Crippen LogP contribution in [0.15, 0.2) is 36.9 Å². The van der Waals surface area contributed by atoms with Gasteiger partial charge in [0.15, 0.2) is 5.82 Å². The molecule has 7 heteroatoms. The van der Waals surface area contributed by atoms with Crippen LogP contribution in [0.2, 0.25) is 0 Å². The van der Waals surface area contributed by atoms with E-state index in [1.807, 2.05) is 19.3 Å². The molecule has 0 spiro atoms. The Morgan fingerprint density at radius 1 is 1.24 bits per heavy atom. The zero-order chi connectivity index (χ0) is 17.2. The maximum absolute atomic E-state index is 6.29. The van der Waals surface area contributed by atoms with Crippen molar-refractivity contribution in [3.63, 3.8) is 0 Å². The van der Waals surface area contributed by atoms with Crippen LogP contribution in [0.25, 0.3) is 11.4 Å². The van der Waals surface area contributed by atoms with Gasteiger partial charge in [-0.25, -0.2) is 9.97 Å². The molecule has 0 radical (unpaired) electrons. The maximum Gasteiger partial charge on any atom is 0.230 e. The van der Waals surface area contributed by atoms with Gasteiger partial charge in [0.25, 0.3) is 0 Å². The number of fused-ring (bicyclic) bond motifs is 1. The molecule has 4 rings (SSSR count). The molecule has 25 heavy (non-hydrogen) atoms. The van der Waals surface area contributed by atoms with Gasteiger partial charge in [0.1, 0.15) is 6.33 Å². The summed E-state index contributed by atoms with van der Waals surface area (Å²) in [6.07, 6.45) is 9.59. The van der Waals surface area contributed by atoms with Crippen molar-refractivity contribution in [2.75, 3.05) is 5.32 Å². The van der Waals surface area contributed by atoms with Gasteiger partial charge >= 0.3 is 0 Å². The van der Waals surface area contributed by atoms with Crippen molar-refractivity contribution >= 4 is 11.6 Å². The molecule has 1 aromatic carbocycles. The van der Waals surface area contributed by atoms with E-state index in [0.717, 1.165) is 24.1 Å². The van der Waals surface area contributed by atoms with Crippen LogP contribution in [0.4, 0.5) is 11.6 Å². The Morgan fingerprint density at radius 3 is 3.00 bits per heavy atom. The molecule has 2 heterocycles. The molecule has 128 valence electrons. The summed E-state index contributed by atoms with van der Waals surface area (Å²) in [5.74, 6) is 1.16. The van der Waals surface area contributed by atoms with Gasteiger partial charge in [-0.05, 0) is 36.5 Å². The molecule has 1 atom stereocenters. The predicted octanol–water partition coefficient (Wildman–Crippen LogP) is 2.74. The molecule has 0 fully saturated rings. The minimum absolute atomic E-state index is 0.132. The van der Waals surface area contributed by atoms with Crippen molar-refractivity contribution < 1.29 is 0 Å². The van der Waals surface area contributed by atoms with Crippen molar-refractivity contribution in [2.24, 2.45) is 12.8 Å². The van der Waals surface area contributed by atoms with Crippen molar-refractivity contribution in [1.29, 1.82) is 0 Å². The van der Waals surface area contributed by atoms with E-state index in [4.69, 9.17) is 5.73 Å². The third-order valence-corrected chi connectivity index (χ3v) is 4.54. The zero-order valence-electron chi connectivity index (χ0n) is 14.2. The average Bonchev–Trinajstić information content (AvgIpc) is 2.93. The number of benzene rings is 1. The lowest BCUT2D eigenvalue weighted by Gasteiger charge is -2.13. The highest BCUT2D eigenvalue weighted by atomic mass is 15.3. The van der Waals surface area contributed by atoms with Crippen LogP contribution in [-0.4, -0.2) is 24.7 Å². The monoisotopic (exact) mass is 335 g/mol. The first-order valence-corrected chi connectivity index (χ1v) is 8.52. The Morgan fingerprint density at radius 2 is 2.16 bits per heavy atom. The lowest BCUT2D eigenvalue weighted by molar-refractivity contribution is 0.615. The summed E-state index contributed by atoms with van der Waals surface area (Å²) in [7, 11) is 1.87. The molecule has 3 aromatic rings. The van der Waals surface area contributed by atoms with Gasteiger partial charge in [-0.3, -0.25) is 4.68 Å². The van der Waals surface area contributed by atoms with Crippen LogP contribution >= 0.6 is 0 Å². The van der Waals surface area contributed by atoms with E-state index in [2.05, 4.69) is 37.5 Å². The molecular formula is C18H21N7. The quantitative estimate of drug-likeness (QED) is 0.715. The summed E-state index contributed by atoms with van der Waals surface area (Å²) in [6, 6.07) is 6.47. The number of aryl methyl sites for hydroxylation is 2. The Bertz CT molecular complexity index is 887. The maximum atomic E-state index is 6.29. The summed E-state index contributed by atoms with van der Waals surface area (Å²) in [5, 5.41) is 7.28. The number of aromatic nitrogens is 5. The molecule has 7 nitrogen and oxygen atoms in total. The highest BCUT2D eigenvalue weighted by Gasteiger charge is 2.16. The highest BCUT2D eigenvalue weighted by Crippen LogP contribution is 2.30. The van der Waals surface area contributed by atoms with E-state index in [1.165, 1.54) is 30.3 Å². The molecule has 0 saturated heterocycles. The first-order valence-electron chi connectivity index (χ1n) is 8.52. The Hall–Kier alpha value is -2.80. The molecule has 1 aliphatic carbocycles. The van der Waals surface area contributed by atoms with Gasteiger partial charge in [0.05, 0.1) is 11.9 Å². The fourth-order valence-corrected chi connectivity index (χ4v) is 3.27. The molecule has 0 aliphatic heterocycles. The van der Waals surface area contributed by atoms with Crippen LogP contribution < -0.4 is 11.1 Å². The molecule has 0 amide bonds. The van der Waals surface area contributed by atoms with E-state index in [0.29, 0.717) is 11.8 Å². The van der Waals surface area contributed by atoms with Crippen LogP contribution in [-0.2, 0) is 13.5 Å². The predicted molar refractivity (Wildman–Crippen MR) is 96.2 cm³/mol. The van der Waals surface area contributed by atoms with Crippen LogP contribution in [0.5, 0.6) is 0 Å². The second-order valence-electron chi connectivity index (χ2n) is 6.43. The third-order valence-electron chi connectivity index (χ3n) is 4.54. The molecule has 1 aliphatic rings. The standard InChI is InChI=1S/C18H21N7/c1-25-10-14(9-22-25)23-18-21-11-20-17(24-18)13-6-7-15-12(8-13)4-2-3-5-16(15)19/h6-11,16H,2-5,19H2,1H3,(H,20,21,23,24)/t16-/m1/s1. The van der Waals surface area contributed by atoms with E-state index in [9.17, 15) is 0 Å². The Balaban J connectivity index is 1.63. The third kappa shape index (κ3) is 3.36. The SMILES string of the molecule is Cn1cc(Nc2ncnc(-c3ccc4c(c3)CCCC[C@H]4N)n2)cn1. The van der Waals surface area contributed by atoms with Gasteiger partial charge in [0, 0.05) is 24.8 Å². The van der Waals surface area contributed by atoms with Crippen LogP contribution in [0, 0.1) is 0 Å². The zero-order valence-corrected chi connectivity index (χ0v) is 14.2. The fraction of sp³-hybridized carbons (Fsp3) is 0.333. The number of hydrogen-bond donors (Lipinski definition) is 2. The molecule has 3 N–H and O–H groups in total. The number of nitrogens with one attached hydrogen (secondary N) is 1. The lowest BCUT2D eigenvalue weighted by Crippen LogP contribution is -2.10. The first-order chi connectivity index (χ1) is 12.2. The van der Waals surface area contributed by atoms with Crippen molar-refractivity contribution in [3.8, 4) is 11.4 Å². The topological polar surface area (TPSA) is 94.5 Å². The smallest absolute Gasteiger partial charge is 0.230 e. The number of anilines is 2. The molecular weight excluding hydrogens is 314 g/mol. The normalized spacial score (nSPS) is 17.0.